The number of hydrogen-bond acceptors (Lipinski definition) is 5. The number of hydrogen-bond donors (Lipinski definition) is 2. The Morgan fingerprint density at radius 1 is 1.10 bits per heavy atom. The molecule has 0 aliphatic carbocycles. The Hall–Kier alpha value is -0.940. The van der Waals surface area contributed by atoms with Crippen molar-refractivity contribution in [1.29, 1.82) is 0 Å². The minimum Gasteiger partial charge on any atom is -0.454 e. The molecule has 0 radical (unpaired) electrons. The van der Waals surface area contributed by atoms with E-state index in [4.69, 9.17) is 16.2 Å². The van der Waals surface area contributed by atoms with Crippen molar-refractivity contribution in [2.45, 2.75) is 76.9 Å². The van der Waals surface area contributed by atoms with Gasteiger partial charge in [0.1, 0.15) is 6.04 Å². The Labute approximate surface area is 122 Å². The Morgan fingerprint density at radius 2 is 1.75 bits per heavy atom. The molecule has 0 aromatic rings. The summed E-state index contributed by atoms with van der Waals surface area (Å²) in [5.74, 6) is -0.479. The number of carbonyl (C=O) groups is 2. The first-order chi connectivity index (χ1) is 9.65. The van der Waals surface area contributed by atoms with E-state index in [1.807, 2.05) is 0 Å². The van der Waals surface area contributed by atoms with Gasteiger partial charge in [0.15, 0.2) is 12.4 Å². The highest BCUT2D eigenvalue weighted by Crippen LogP contribution is 2.10. The van der Waals surface area contributed by atoms with Crippen LogP contribution in [0.15, 0.2) is 0 Å². The lowest BCUT2D eigenvalue weighted by atomic mass is 10.1. The van der Waals surface area contributed by atoms with Gasteiger partial charge in [0.05, 0.1) is 0 Å². The quantitative estimate of drug-likeness (QED) is 0.306. The van der Waals surface area contributed by atoms with Crippen molar-refractivity contribution in [2.75, 3.05) is 6.54 Å². The smallest absolute Gasteiger partial charge is 0.323 e. The molecule has 2 atom stereocenters. The fourth-order valence-corrected chi connectivity index (χ4v) is 1.97. The molecule has 0 aromatic heterocycles. The van der Waals surface area contributed by atoms with Crippen LogP contribution in [0, 0.1) is 0 Å². The van der Waals surface area contributed by atoms with Gasteiger partial charge >= 0.3 is 5.97 Å². The predicted molar refractivity (Wildman–Crippen MR) is 80.2 cm³/mol. The van der Waals surface area contributed by atoms with Gasteiger partial charge in [0.2, 0.25) is 0 Å². The summed E-state index contributed by atoms with van der Waals surface area (Å²) in [6.07, 6.45) is 8.36. The molecule has 0 aliphatic rings. The van der Waals surface area contributed by atoms with E-state index < -0.39 is 18.1 Å². The lowest BCUT2D eigenvalue weighted by Gasteiger charge is -2.15. The van der Waals surface area contributed by atoms with Crippen molar-refractivity contribution in [2.24, 2.45) is 11.5 Å². The standard InChI is InChI=1S/C15H30N2O3/c1-2-3-4-5-6-9-13(12-18)20-15(19)14(17)10-7-8-11-16/h12-14H,2-11,16-17H2,1H3/t13?,14-/m0/s1. The van der Waals surface area contributed by atoms with E-state index in [-0.39, 0.29) is 0 Å². The molecule has 5 nitrogen and oxygen atoms in total. The number of carbonyl (C=O) groups excluding carboxylic acids is 2. The zero-order chi connectivity index (χ0) is 15.2. The van der Waals surface area contributed by atoms with Crippen LogP contribution in [0.4, 0.5) is 0 Å². The molecule has 0 fully saturated rings. The number of esters is 1. The van der Waals surface area contributed by atoms with Crippen LogP contribution in [0.5, 0.6) is 0 Å². The summed E-state index contributed by atoms with van der Waals surface area (Å²) in [5.41, 5.74) is 11.1. The number of unbranched alkanes of at least 4 members (excludes halogenated alkanes) is 5. The number of ether oxygens (including phenoxy) is 1. The summed E-state index contributed by atoms with van der Waals surface area (Å²) < 4.78 is 5.14. The van der Waals surface area contributed by atoms with Gasteiger partial charge in [0.25, 0.3) is 0 Å². The maximum absolute atomic E-state index is 11.7. The summed E-state index contributed by atoms with van der Waals surface area (Å²) in [7, 11) is 0. The zero-order valence-corrected chi connectivity index (χ0v) is 12.7. The Morgan fingerprint density at radius 3 is 2.35 bits per heavy atom. The second-order valence-electron chi connectivity index (χ2n) is 5.21. The first-order valence-electron chi connectivity index (χ1n) is 7.77. The third-order valence-electron chi connectivity index (χ3n) is 3.28. The average Bonchev–Trinajstić information content (AvgIpc) is 2.45. The number of aldehydes is 1. The summed E-state index contributed by atoms with van der Waals surface area (Å²) in [6, 6.07) is -0.649. The molecule has 118 valence electrons. The molecule has 5 heteroatoms. The monoisotopic (exact) mass is 286 g/mol. The van der Waals surface area contributed by atoms with E-state index in [0.29, 0.717) is 25.7 Å². The Balaban J connectivity index is 3.84. The normalized spacial score (nSPS) is 13.8. The van der Waals surface area contributed by atoms with Gasteiger partial charge < -0.3 is 16.2 Å². The van der Waals surface area contributed by atoms with Crippen molar-refractivity contribution < 1.29 is 14.3 Å². The van der Waals surface area contributed by atoms with Gasteiger partial charge in [-0.05, 0) is 32.2 Å². The molecule has 0 spiro atoms. The van der Waals surface area contributed by atoms with E-state index in [9.17, 15) is 9.59 Å². The number of rotatable bonds is 13. The maximum Gasteiger partial charge on any atom is 0.323 e. The third kappa shape index (κ3) is 9.92. The lowest BCUT2D eigenvalue weighted by Crippen LogP contribution is -2.35. The largest absolute Gasteiger partial charge is 0.454 e. The Bertz CT molecular complexity index is 260. The van der Waals surface area contributed by atoms with Crippen molar-refractivity contribution in [3.8, 4) is 0 Å². The van der Waals surface area contributed by atoms with Crippen molar-refractivity contribution >= 4 is 12.3 Å². The fourth-order valence-electron chi connectivity index (χ4n) is 1.97. The fraction of sp³-hybridized carbons (Fsp3) is 0.867. The summed E-state index contributed by atoms with van der Waals surface area (Å²) >= 11 is 0. The highest BCUT2D eigenvalue weighted by atomic mass is 16.5. The van der Waals surface area contributed by atoms with Crippen LogP contribution >= 0.6 is 0 Å². The molecule has 20 heavy (non-hydrogen) atoms. The molecule has 0 amide bonds. The van der Waals surface area contributed by atoms with E-state index in [1.165, 1.54) is 12.8 Å². The van der Waals surface area contributed by atoms with Gasteiger partial charge in [-0.2, -0.15) is 0 Å². The average molecular weight is 286 g/mol. The zero-order valence-electron chi connectivity index (χ0n) is 12.7. The topological polar surface area (TPSA) is 95.4 Å². The molecular weight excluding hydrogens is 256 g/mol. The Kier molecular flexibility index (Phi) is 12.4. The second kappa shape index (κ2) is 13.1. The van der Waals surface area contributed by atoms with Crippen molar-refractivity contribution in [3.05, 3.63) is 0 Å². The summed E-state index contributed by atoms with van der Waals surface area (Å²) in [6.45, 7) is 2.75. The molecule has 0 aliphatic heterocycles. The van der Waals surface area contributed by atoms with Gasteiger partial charge in [-0.3, -0.25) is 9.59 Å². The first kappa shape index (κ1) is 19.1. The van der Waals surface area contributed by atoms with E-state index in [1.54, 1.807) is 0 Å². The lowest BCUT2D eigenvalue weighted by molar-refractivity contribution is -0.153. The van der Waals surface area contributed by atoms with Crippen LogP contribution in [0.1, 0.15) is 64.7 Å². The number of nitrogens with two attached hydrogens (primary N) is 2. The molecular formula is C15H30N2O3. The summed E-state index contributed by atoms with van der Waals surface area (Å²) in [5, 5.41) is 0. The minimum atomic E-state index is -0.649. The van der Waals surface area contributed by atoms with Crippen LogP contribution in [0.3, 0.4) is 0 Å². The van der Waals surface area contributed by atoms with Crippen LogP contribution in [-0.2, 0) is 14.3 Å². The van der Waals surface area contributed by atoms with Gasteiger partial charge in [-0.1, -0.05) is 39.0 Å². The molecule has 0 bridgehead atoms. The molecule has 4 N–H and O–H groups in total. The predicted octanol–water partition coefficient (Wildman–Crippen LogP) is 1.91. The second-order valence-corrected chi connectivity index (χ2v) is 5.21. The third-order valence-corrected chi connectivity index (χ3v) is 3.28. The molecule has 0 saturated heterocycles. The van der Waals surface area contributed by atoms with E-state index in [2.05, 4.69) is 6.92 Å². The van der Waals surface area contributed by atoms with Crippen LogP contribution < -0.4 is 11.5 Å². The maximum atomic E-state index is 11.7. The molecule has 0 rings (SSSR count). The highest BCUT2D eigenvalue weighted by Gasteiger charge is 2.19. The van der Waals surface area contributed by atoms with Gasteiger partial charge in [-0.25, -0.2) is 0 Å². The van der Waals surface area contributed by atoms with Crippen molar-refractivity contribution in [3.63, 3.8) is 0 Å². The summed E-state index contributed by atoms with van der Waals surface area (Å²) in [4.78, 5) is 22.6. The molecule has 0 aromatic carbocycles. The highest BCUT2D eigenvalue weighted by molar-refractivity contribution is 5.77. The molecule has 0 heterocycles. The SMILES string of the molecule is CCCCCCCC(C=O)OC(=O)[C@@H](N)CCCCN. The molecule has 0 saturated carbocycles. The van der Waals surface area contributed by atoms with Crippen molar-refractivity contribution in [1.82, 2.24) is 0 Å². The van der Waals surface area contributed by atoms with Crippen LogP contribution in [0.25, 0.3) is 0 Å². The van der Waals surface area contributed by atoms with Crippen LogP contribution in [-0.4, -0.2) is 30.9 Å². The minimum absolute atomic E-state index is 0.479. The van der Waals surface area contributed by atoms with E-state index >= 15 is 0 Å². The first-order valence-corrected chi connectivity index (χ1v) is 7.77. The van der Waals surface area contributed by atoms with E-state index in [0.717, 1.165) is 32.1 Å². The van der Waals surface area contributed by atoms with Crippen LogP contribution in [0.2, 0.25) is 0 Å². The van der Waals surface area contributed by atoms with Gasteiger partial charge in [-0.15, -0.1) is 0 Å². The van der Waals surface area contributed by atoms with Gasteiger partial charge in [0, 0.05) is 0 Å². The molecule has 1 unspecified atom stereocenters.